The first-order chi connectivity index (χ1) is 13.5. The Morgan fingerprint density at radius 1 is 1.21 bits per heavy atom. The Labute approximate surface area is 161 Å². The van der Waals surface area contributed by atoms with Crippen LogP contribution in [0.3, 0.4) is 0 Å². The van der Waals surface area contributed by atoms with Gasteiger partial charge in [-0.25, -0.2) is 14.5 Å². The van der Waals surface area contributed by atoms with Gasteiger partial charge in [0.2, 0.25) is 5.91 Å². The lowest BCUT2D eigenvalue weighted by molar-refractivity contribution is -0.116. The second-order valence-corrected chi connectivity index (χ2v) is 7.13. The molecule has 8 nitrogen and oxygen atoms in total. The molecule has 28 heavy (non-hydrogen) atoms. The van der Waals surface area contributed by atoms with E-state index in [1.807, 2.05) is 55.7 Å². The van der Waals surface area contributed by atoms with E-state index in [0.717, 1.165) is 33.9 Å². The number of hydrogen-bond acceptors (Lipinski definition) is 5. The number of nitrogens with one attached hydrogen (secondary N) is 1. The molecular weight excluding hydrogens is 354 g/mol. The van der Waals surface area contributed by atoms with Crippen LogP contribution in [0.25, 0.3) is 11.5 Å². The van der Waals surface area contributed by atoms with E-state index in [1.54, 1.807) is 10.9 Å². The van der Waals surface area contributed by atoms with Crippen molar-refractivity contribution < 1.29 is 4.79 Å². The molecule has 1 aliphatic heterocycles. The summed E-state index contributed by atoms with van der Waals surface area (Å²) < 4.78 is 3.53. The third-order valence-corrected chi connectivity index (χ3v) is 5.15. The van der Waals surface area contributed by atoms with Crippen molar-refractivity contribution in [2.45, 2.75) is 33.1 Å². The molecule has 0 aromatic carbocycles. The second kappa shape index (κ2) is 5.98. The first-order valence-corrected chi connectivity index (χ1v) is 9.15. The van der Waals surface area contributed by atoms with Gasteiger partial charge in [0.15, 0.2) is 11.5 Å². The Morgan fingerprint density at radius 2 is 2.07 bits per heavy atom. The first kappa shape index (κ1) is 16.6. The first-order valence-electron chi connectivity index (χ1n) is 9.15. The number of amides is 1. The Balaban J connectivity index is 1.73. The Hall–Kier alpha value is -3.55. The molecule has 0 fully saturated rings. The fourth-order valence-electron chi connectivity index (χ4n) is 3.99. The fourth-order valence-corrected chi connectivity index (χ4v) is 3.99. The van der Waals surface area contributed by atoms with Gasteiger partial charge in [0.25, 0.3) is 0 Å². The molecule has 8 heteroatoms. The van der Waals surface area contributed by atoms with Gasteiger partial charge in [-0.05, 0) is 39.0 Å². The number of anilines is 1. The zero-order valence-corrected chi connectivity index (χ0v) is 15.8. The maximum Gasteiger partial charge on any atom is 0.226 e. The molecule has 4 aromatic heterocycles. The fraction of sp³-hybridized carbons (Fsp3) is 0.250. The summed E-state index contributed by atoms with van der Waals surface area (Å²) in [7, 11) is 0. The summed E-state index contributed by atoms with van der Waals surface area (Å²) in [5.41, 5.74) is 5.50. The van der Waals surface area contributed by atoms with Gasteiger partial charge < -0.3 is 5.32 Å². The molecule has 1 aliphatic rings. The minimum Gasteiger partial charge on any atom is -0.310 e. The van der Waals surface area contributed by atoms with Gasteiger partial charge in [0, 0.05) is 41.1 Å². The van der Waals surface area contributed by atoms with Gasteiger partial charge >= 0.3 is 0 Å². The molecule has 5 heterocycles. The molecule has 1 atom stereocenters. The number of carbonyl (C=O) groups is 1. The number of aromatic nitrogens is 6. The maximum absolute atomic E-state index is 12.6. The van der Waals surface area contributed by atoms with Gasteiger partial charge in [-0.2, -0.15) is 14.9 Å². The van der Waals surface area contributed by atoms with E-state index in [0.29, 0.717) is 18.1 Å². The molecule has 4 aromatic rings. The summed E-state index contributed by atoms with van der Waals surface area (Å²) in [5, 5.41) is 12.2. The number of nitrogens with zero attached hydrogens (tertiary/aromatic N) is 6. The number of fused-ring (bicyclic) bond motifs is 2. The van der Waals surface area contributed by atoms with E-state index < -0.39 is 0 Å². The summed E-state index contributed by atoms with van der Waals surface area (Å²) in [6.07, 6.45) is 3.86. The number of aryl methyl sites for hydroxylation is 3. The van der Waals surface area contributed by atoms with Gasteiger partial charge in [-0.15, -0.1) is 0 Å². The van der Waals surface area contributed by atoms with Gasteiger partial charge in [0.1, 0.15) is 5.82 Å². The highest BCUT2D eigenvalue weighted by atomic mass is 16.1. The summed E-state index contributed by atoms with van der Waals surface area (Å²) >= 11 is 0. The lowest BCUT2D eigenvalue weighted by atomic mass is 9.87. The largest absolute Gasteiger partial charge is 0.310 e. The molecule has 0 radical (unpaired) electrons. The van der Waals surface area contributed by atoms with Crippen molar-refractivity contribution >= 4 is 17.4 Å². The highest BCUT2D eigenvalue weighted by Crippen LogP contribution is 2.41. The van der Waals surface area contributed by atoms with Crippen LogP contribution in [0.5, 0.6) is 0 Å². The zero-order chi connectivity index (χ0) is 19.4. The van der Waals surface area contributed by atoms with E-state index in [4.69, 9.17) is 4.98 Å². The molecule has 1 N–H and O–H groups in total. The van der Waals surface area contributed by atoms with Crippen LogP contribution >= 0.6 is 0 Å². The number of hydrogen-bond donors (Lipinski definition) is 1. The van der Waals surface area contributed by atoms with E-state index in [2.05, 4.69) is 20.5 Å². The smallest absolute Gasteiger partial charge is 0.226 e. The van der Waals surface area contributed by atoms with Crippen molar-refractivity contribution in [2.75, 3.05) is 5.32 Å². The van der Waals surface area contributed by atoms with Crippen molar-refractivity contribution in [2.24, 2.45) is 0 Å². The van der Waals surface area contributed by atoms with Crippen molar-refractivity contribution in [3.05, 3.63) is 64.9 Å². The van der Waals surface area contributed by atoms with Gasteiger partial charge in [-0.3, -0.25) is 4.79 Å². The van der Waals surface area contributed by atoms with Crippen molar-refractivity contribution in [3.63, 3.8) is 0 Å². The van der Waals surface area contributed by atoms with Crippen LogP contribution in [0.2, 0.25) is 0 Å². The predicted octanol–water partition coefficient (Wildman–Crippen LogP) is 2.71. The quantitative estimate of drug-likeness (QED) is 0.583. The summed E-state index contributed by atoms with van der Waals surface area (Å²) in [4.78, 5) is 21.6. The summed E-state index contributed by atoms with van der Waals surface area (Å²) in [6.45, 7) is 5.92. The topological polar surface area (TPSA) is 90.0 Å². The lowest BCUT2D eigenvalue weighted by Crippen LogP contribution is -2.25. The average Bonchev–Trinajstić information content (AvgIpc) is 3.23. The third-order valence-electron chi connectivity index (χ3n) is 5.15. The minimum absolute atomic E-state index is 0.0571. The molecule has 0 spiro atoms. The standard InChI is InChI=1S/C20H19N7O/c1-11-8-12(2)26-19(23-11)15(10-22-26)14-9-17(28)24-20-18(14)13(3)25-27(20)16-6-4-5-7-21-16/h4-8,10,14H,9H2,1-3H3,(H,24,28). The van der Waals surface area contributed by atoms with Crippen LogP contribution in [-0.2, 0) is 4.79 Å². The van der Waals surface area contributed by atoms with E-state index >= 15 is 0 Å². The molecule has 1 unspecified atom stereocenters. The van der Waals surface area contributed by atoms with Crippen molar-refractivity contribution in [3.8, 4) is 5.82 Å². The van der Waals surface area contributed by atoms with Crippen LogP contribution < -0.4 is 5.32 Å². The van der Waals surface area contributed by atoms with Gasteiger partial charge in [-0.1, -0.05) is 6.07 Å². The molecule has 0 aliphatic carbocycles. The van der Waals surface area contributed by atoms with Crippen LogP contribution in [0, 0.1) is 20.8 Å². The zero-order valence-electron chi connectivity index (χ0n) is 15.8. The summed E-state index contributed by atoms with van der Waals surface area (Å²) in [5.74, 6) is 1.12. The molecule has 140 valence electrons. The van der Waals surface area contributed by atoms with E-state index in [1.165, 1.54) is 0 Å². The molecular formula is C20H19N7O. The Morgan fingerprint density at radius 3 is 2.86 bits per heavy atom. The lowest BCUT2D eigenvalue weighted by Gasteiger charge is -2.23. The molecule has 0 saturated heterocycles. The molecule has 0 saturated carbocycles. The van der Waals surface area contributed by atoms with Crippen molar-refractivity contribution in [1.29, 1.82) is 0 Å². The predicted molar refractivity (Wildman–Crippen MR) is 104 cm³/mol. The van der Waals surface area contributed by atoms with Crippen LogP contribution in [0.1, 0.15) is 40.5 Å². The monoisotopic (exact) mass is 373 g/mol. The van der Waals surface area contributed by atoms with Crippen LogP contribution in [-0.4, -0.2) is 35.3 Å². The average molecular weight is 373 g/mol. The highest BCUT2D eigenvalue weighted by molar-refractivity contribution is 5.95. The minimum atomic E-state index is -0.160. The van der Waals surface area contributed by atoms with E-state index in [9.17, 15) is 4.79 Å². The van der Waals surface area contributed by atoms with Crippen LogP contribution in [0.4, 0.5) is 5.82 Å². The highest BCUT2D eigenvalue weighted by Gasteiger charge is 2.34. The van der Waals surface area contributed by atoms with E-state index in [-0.39, 0.29) is 11.8 Å². The maximum atomic E-state index is 12.6. The molecule has 5 rings (SSSR count). The third kappa shape index (κ3) is 2.41. The number of carbonyl (C=O) groups excluding carboxylic acids is 1. The number of rotatable bonds is 2. The van der Waals surface area contributed by atoms with Crippen molar-refractivity contribution in [1.82, 2.24) is 29.4 Å². The summed E-state index contributed by atoms with van der Waals surface area (Å²) in [6, 6.07) is 7.61. The van der Waals surface area contributed by atoms with Gasteiger partial charge in [0.05, 0.1) is 11.9 Å². The molecule has 0 bridgehead atoms. The Bertz CT molecular complexity index is 1220. The Kier molecular flexibility index (Phi) is 3.55. The number of pyridine rings is 1. The normalized spacial score (nSPS) is 16.2. The van der Waals surface area contributed by atoms with Crippen LogP contribution in [0.15, 0.2) is 36.7 Å². The SMILES string of the molecule is Cc1cc(C)n2ncc(C3CC(=O)Nc4c3c(C)nn4-c3ccccn3)c2n1. The molecule has 1 amide bonds. The second-order valence-electron chi connectivity index (χ2n) is 7.13.